The fourth-order valence-corrected chi connectivity index (χ4v) is 5.35. The molecule has 8 N–H and O–H groups in total. The van der Waals surface area contributed by atoms with Crippen molar-refractivity contribution in [1.82, 2.24) is 0 Å². The predicted octanol–water partition coefficient (Wildman–Crippen LogP) is 18.3. The number of benzene rings is 6. The van der Waals surface area contributed by atoms with Gasteiger partial charge in [0, 0.05) is 60.4 Å². The molecule has 5 atom stereocenters. The van der Waals surface area contributed by atoms with Crippen LogP contribution in [0.3, 0.4) is 0 Å². The number of halogens is 5. The number of nitrogens with two attached hydrogens (primary N) is 3. The fraction of sp³-hybridized carbons (Fsp3) is 0.262. The van der Waals surface area contributed by atoms with Crippen LogP contribution in [0.4, 0.5) is 50.9 Å². The van der Waals surface area contributed by atoms with E-state index in [1.54, 1.807) is 82.3 Å². The number of nitro benzene ring substituents is 3. The minimum atomic E-state index is -1.02. The highest BCUT2D eigenvalue weighted by molar-refractivity contribution is 14.1. The van der Waals surface area contributed by atoms with E-state index in [1.165, 1.54) is 43.3 Å². The van der Waals surface area contributed by atoms with Crippen molar-refractivity contribution < 1.29 is 46.6 Å². The van der Waals surface area contributed by atoms with Gasteiger partial charge in [0.1, 0.15) is 13.6 Å². The maximum Gasteiger partial charge on any atom is 0.269 e. The largest absolute Gasteiger partial charge is 0.399 e. The Kier molecular flexibility index (Phi) is 99.7. The Hall–Kier alpha value is -7.63. The summed E-state index contributed by atoms with van der Waals surface area (Å²) in [7, 11) is 2.65. The van der Waals surface area contributed by atoms with Crippen LogP contribution in [-0.4, -0.2) is 52.2 Å². The maximum absolute atomic E-state index is 11.6. The van der Waals surface area contributed by atoms with Crippen molar-refractivity contribution >= 4 is 115 Å². The smallest absolute Gasteiger partial charge is 0.269 e. The lowest BCUT2D eigenvalue weighted by Gasteiger charge is -2.11. The van der Waals surface area contributed by atoms with Crippen LogP contribution in [0.5, 0.6) is 0 Å². The molecule has 0 radical (unpaired) electrons. The summed E-state index contributed by atoms with van der Waals surface area (Å²) in [5.74, 6) is 12.1. The molecule has 6 rings (SSSR count). The highest BCUT2D eigenvalue weighted by Gasteiger charge is 2.12. The molecule has 502 valence electrons. The van der Waals surface area contributed by atoms with Gasteiger partial charge in [-0.15, -0.1) is 60.7 Å². The predicted molar refractivity (Wildman–Crippen MR) is 406 cm³/mol. The lowest BCUT2D eigenvalue weighted by atomic mass is 10.1. The number of hydrogen-bond donors (Lipinski definition) is 5. The molecule has 16 nitrogen and oxygen atoms in total. The van der Waals surface area contributed by atoms with E-state index < -0.39 is 28.9 Å². The normalized spacial score (nSPS) is 8.21. The zero-order chi connectivity index (χ0) is 76.0. The van der Waals surface area contributed by atoms with Crippen molar-refractivity contribution in [1.29, 1.82) is 0 Å². The average molecular weight is 1480 g/mol. The number of nitrogens with one attached hydrogen (secondary N) is 2. The van der Waals surface area contributed by atoms with Gasteiger partial charge < -0.3 is 27.8 Å². The standard InChI is InChI=1S/C12H19N3O.C8H9NO.3C6H5NO2.C6H7N.C6H12Si.4C3H4.C2H6.CH3I.4FH2P/c13-9-5-4-8-11(14)12(16)15-10-6-2-1-3-7-10;1-7(10)9-8-5-3-2-4-6-8;3*8-7(9)6-4-2-1-3-5-6;7-6-4-2-1-3-5-6;1-5-6-7(2,3)4;4*1-3-2;6*1-2/h1-3,6-7,11H,4-5,8-9,13-14H2,(H,15,16);2-6H,1H3,(H,9,10);3*1-5H;1-5H,7H2;1-4H3;4*1H,2H3;1-2H3;1H3;4*2H2/t11-;;;;;;;;;;;;;;;;/m0................/s1/i;;;;;;;4*1T;;;;;;. The summed E-state index contributed by atoms with van der Waals surface area (Å²) in [5.41, 5.74) is 22.5. The van der Waals surface area contributed by atoms with Gasteiger partial charge >= 0.3 is 0 Å². The number of amides is 2. The molecule has 0 aromatic heterocycles. The van der Waals surface area contributed by atoms with E-state index in [2.05, 4.69) is 88.0 Å². The van der Waals surface area contributed by atoms with Crippen LogP contribution in [0.25, 0.3) is 0 Å². The second-order valence-corrected chi connectivity index (χ2v) is 20.4. The molecule has 0 fully saturated rings. The van der Waals surface area contributed by atoms with Gasteiger partial charge in [-0.05, 0) is 95.3 Å². The Morgan fingerprint density at radius 1 is 0.538 bits per heavy atom. The summed E-state index contributed by atoms with van der Waals surface area (Å²) in [4.78, 5) is 52.9. The fourth-order valence-electron chi connectivity index (χ4n) is 4.60. The number of para-hydroxylation sites is 6. The second kappa shape index (κ2) is 93.5. The van der Waals surface area contributed by atoms with Crippen molar-refractivity contribution in [2.24, 2.45) is 11.5 Å². The van der Waals surface area contributed by atoms with Crippen LogP contribution in [0.2, 0.25) is 19.6 Å². The number of anilines is 3. The Balaban J connectivity index is -0.0000000913. The number of hydrogen-bond acceptors (Lipinski definition) is 11. The van der Waals surface area contributed by atoms with Gasteiger partial charge in [0.25, 0.3) is 17.1 Å². The van der Waals surface area contributed by atoms with Crippen LogP contribution >= 0.6 is 60.8 Å². The molecule has 0 aliphatic heterocycles. The van der Waals surface area contributed by atoms with E-state index in [9.17, 15) is 56.7 Å². The van der Waals surface area contributed by atoms with Crippen molar-refractivity contribution in [2.45, 2.75) is 100 Å². The molecule has 2 amide bonds. The summed E-state index contributed by atoms with van der Waals surface area (Å²) in [6, 6.07) is 51.5. The van der Waals surface area contributed by atoms with Gasteiger partial charge in [0.2, 0.25) is 11.8 Å². The summed E-state index contributed by atoms with van der Waals surface area (Å²) in [6.45, 7) is 21.3. The first-order valence-electron chi connectivity index (χ1n) is 28.1. The summed E-state index contributed by atoms with van der Waals surface area (Å²) < 4.78 is 62.0. The summed E-state index contributed by atoms with van der Waals surface area (Å²) in [6.07, 6.45) is 10.2. The van der Waals surface area contributed by atoms with E-state index in [4.69, 9.17) is 22.7 Å². The molecule has 0 aliphatic rings. The van der Waals surface area contributed by atoms with Crippen LogP contribution < -0.4 is 27.8 Å². The lowest BCUT2D eigenvalue weighted by molar-refractivity contribution is -0.385. The molecule has 0 heterocycles. The Morgan fingerprint density at radius 3 is 0.945 bits per heavy atom. The Labute approximate surface area is 571 Å². The van der Waals surface area contributed by atoms with Gasteiger partial charge in [-0.1, -0.05) is 172 Å². The number of carbonyl (C=O) groups is 2. The Bertz CT molecular complexity index is 2780. The number of rotatable bonds is 10. The number of nitrogen functional groups attached to an aromatic ring is 1. The van der Waals surface area contributed by atoms with E-state index in [0.29, 0.717) is 13.0 Å². The van der Waals surface area contributed by atoms with E-state index >= 15 is 0 Å². The molecule has 6 aromatic rings. The number of alkyl halides is 1. The maximum atomic E-state index is 11.6. The average Bonchev–Trinajstić information content (AvgIpc) is 2.67. The molecule has 6 aromatic carbocycles. The number of unbranched alkanes of at least 4 members (excludes halogenated alkanes) is 1. The van der Waals surface area contributed by atoms with Crippen LogP contribution in [-0.2, 0) is 9.59 Å². The lowest BCUT2D eigenvalue weighted by Crippen LogP contribution is -2.35. The molecule has 0 spiro atoms. The molecule has 0 aliphatic carbocycles. The molecule has 0 saturated carbocycles. The monoisotopic (exact) mass is 1480 g/mol. The molecule has 26 heteroatoms. The van der Waals surface area contributed by atoms with E-state index in [-0.39, 0.29) is 28.9 Å². The van der Waals surface area contributed by atoms with Gasteiger partial charge in [-0.2, -0.15) is 0 Å². The van der Waals surface area contributed by atoms with Crippen molar-refractivity contribution in [3.63, 3.8) is 0 Å². The zero-order valence-electron chi connectivity index (χ0n) is 57.8. The third-order valence-electron chi connectivity index (χ3n) is 7.64. The first-order chi connectivity index (χ1) is 45.5. The molecule has 91 heavy (non-hydrogen) atoms. The number of carbonyl (C=O) groups excluding carboxylic acids is 2. The quantitative estimate of drug-likeness (QED) is 0.00822. The van der Waals surface area contributed by atoms with Crippen LogP contribution in [0.1, 0.15) is 80.1 Å². The number of terminal acetylenes is 4. The van der Waals surface area contributed by atoms with Gasteiger partial charge in [0.15, 0.2) is 0 Å². The van der Waals surface area contributed by atoms with Crippen LogP contribution in [0, 0.1) is 91.1 Å². The van der Waals surface area contributed by atoms with E-state index in [1.807, 2.05) is 142 Å². The third-order valence-corrected chi connectivity index (χ3v) is 8.64. The van der Waals surface area contributed by atoms with Gasteiger partial charge in [0.05, 0.1) is 59.0 Å². The molecule has 0 bridgehead atoms. The zero-order valence-corrected chi connectivity index (χ0v) is 61.5. The number of nitro groups is 3. The second-order valence-electron chi connectivity index (χ2n) is 15.6. The molecule has 0 saturated heterocycles. The summed E-state index contributed by atoms with van der Waals surface area (Å²) >= 11 is 2.15. The summed E-state index contributed by atoms with van der Waals surface area (Å²) in [5, 5.41) is 35.5. The topological polar surface area (TPSA) is 266 Å². The Morgan fingerprint density at radius 2 is 0.780 bits per heavy atom. The van der Waals surface area contributed by atoms with Crippen molar-refractivity contribution in [3.8, 4) is 60.7 Å². The van der Waals surface area contributed by atoms with Crippen LogP contribution in [0.15, 0.2) is 182 Å². The first-order valence-corrected chi connectivity index (χ1v) is 33.5. The first kappa shape index (κ1) is 97.0. The van der Waals surface area contributed by atoms with Crippen molar-refractivity contribution in [2.75, 3.05) is 27.8 Å². The van der Waals surface area contributed by atoms with Gasteiger partial charge in [-0.25, -0.2) is 16.8 Å². The van der Waals surface area contributed by atoms with Crippen molar-refractivity contribution in [3.05, 3.63) is 212 Å². The number of nitrogens with zero attached hydrogens (tertiary/aromatic N) is 3. The van der Waals surface area contributed by atoms with E-state index in [0.717, 1.165) is 68.1 Å². The highest BCUT2D eigenvalue weighted by atomic mass is 127. The highest BCUT2D eigenvalue weighted by Crippen LogP contribution is 2.10. The minimum absolute atomic E-state index is 0.0359. The third kappa shape index (κ3) is 98.8. The number of non-ortho nitro benzene ring substituents is 3. The molecular formula is C65H95F4IN8O8P4Si. The molecular weight excluding hydrogens is 1380 g/mol. The molecule has 4 unspecified atom stereocenters. The minimum Gasteiger partial charge on any atom is -0.399 e. The van der Waals surface area contributed by atoms with Gasteiger partial charge in [-0.3, -0.25) is 39.9 Å². The SMILES string of the molecule is CC.CC#C[Si](C)(C)C.CC(=O)Nc1ccccc1.CI.FP.FP.FP.FP.NCCCC[C@H](N)C(=O)Nc1ccccc1.Nc1ccccc1.O=[N+]([O-])c1ccccc1.O=[N+]([O-])c1ccccc1.O=[N+]([O-])c1ccccc1.[3H]C#CC.[3H]C#CC.[3H]C#CC.[3H]C#CC.